The van der Waals surface area contributed by atoms with E-state index in [-0.39, 0.29) is 24.3 Å². The van der Waals surface area contributed by atoms with Gasteiger partial charge in [-0.2, -0.15) is 0 Å². The van der Waals surface area contributed by atoms with Gasteiger partial charge in [-0.1, -0.05) is 31.2 Å². The first-order chi connectivity index (χ1) is 13.2. The van der Waals surface area contributed by atoms with Crippen LogP contribution in [0.5, 0.6) is 5.75 Å². The monoisotopic (exact) mass is 365 g/mol. The number of carbonyl (C=O) groups is 2. The zero-order valence-corrected chi connectivity index (χ0v) is 15.6. The average Bonchev–Trinajstić information content (AvgIpc) is 3.00. The summed E-state index contributed by atoms with van der Waals surface area (Å²) in [5.41, 5.74) is 3.28. The summed E-state index contributed by atoms with van der Waals surface area (Å²) in [6.45, 7) is 4.40. The molecular formula is C22H25N2O3+. The van der Waals surface area contributed by atoms with Gasteiger partial charge >= 0.3 is 0 Å². The Balaban J connectivity index is 1.49. The van der Waals surface area contributed by atoms with Crippen molar-refractivity contribution in [1.82, 2.24) is 0 Å². The Morgan fingerprint density at radius 3 is 2.56 bits per heavy atom. The molecule has 2 aromatic rings. The smallest absolute Gasteiger partial charge is 0.292 e. The molecule has 2 atom stereocenters. The number of hydrogen-bond donors (Lipinski definition) is 1. The first-order valence-electron chi connectivity index (χ1n) is 9.68. The molecule has 0 aliphatic carbocycles. The fourth-order valence-electron chi connectivity index (χ4n) is 4.03. The fourth-order valence-corrected chi connectivity index (χ4v) is 4.03. The minimum atomic E-state index is -0.290. The summed E-state index contributed by atoms with van der Waals surface area (Å²) in [7, 11) is 0. The van der Waals surface area contributed by atoms with E-state index in [2.05, 4.69) is 25.1 Å². The van der Waals surface area contributed by atoms with Crippen molar-refractivity contribution in [3.63, 3.8) is 0 Å². The lowest BCUT2D eigenvalue weighted by Gasteiger charge is -2.29. The normalized spacial score (nSPS) is 22.0. The van der Waals surface area contributed by atoms with Gasteiger partial charge in [0, 0.05) is 12.0 Å². The van der Waals surface area contributed by atoms with Gasteiger partial charge in [0.15, 0.2) is 6.04 Å². The first-order valence-corrected chi connectivity index (χ1v) is 9.68. The summed E-state index contributed by atoms with van der Waals surface area (Å²) >= 11 is 0. The van der Waals surface area contributed by atoms with E-state index >= 15 is 0 Å². The number of ether oxygens (including phenoxy) is 1. The van der Waals surface area contributed by atoms with Gasteiger partial charge in [-0.05, 0) is 36.2 Å². The van der Waals surface area contributed by atoms with Gasteiger partial charge in [-0.25, -0.2) is 4.90 Å². The molecule has 5 nitrogen and oxygen atoms in total. The van der Waals surface area contributed by atoms with Crippen LogP contribution >= 0.6 is 0 Å². The number of imide groups is 1. The average molecular weight is 365 g/mol. The second-order valence-corrected chi connectivity index (χ2v) is 7.27. The number of hydrogen-bond acceptors (Lipinski definition) is 3. The van der Waals surface area contributed by atoms with Gasteiger partial charge in [-0.15, -0.1) is 0 Å². The van der Waals surface area contributed by atoms with E-state index in [1.165, 1.54) is 20.9 Å². The molecule has 2 heterocycles. The topological polar surface area (TPSA) is 51.0 Å². The molecule has 2 aliphatic heterocycles. The molecule has 2 aromatic carbocycles. The van der Waals surface area contributed by atoms with E-state index in [0.717, 1.165) is 31.7 Å². The lowest BCUT2D eigenvalue weighted by molar-refractivity contribution is -0.930. The predicted molar refractivity (Wildman–Crippen MR) is 103 cm³/mol. The van der Waals surface area contributed by atoms with E-state index in [1.807, 2.05) is 18.2 Å². The Bertz CT molecular complexity index is 847. The summed E-state index contributed by atoms with van der Waals surface area (Å²) < 4.78 is 5.58. The molecule has 1 unspecified atom stereocenters. The summed E-state index contributed by atoms with van der Waals surface area (Å²) in [5, 5.41) is 0. The van der Waals surface area contributed by atoms with Gasteiger partial charge in [0.2, 0.25) is 5.91 Å². The second kappa shape index (κ2) is 7.53. The number of quaternary nitrogens is 1. The van der Waals surface area contributed by atoms with Crippen LogP contribution in [0.2, 0.25) is 0 Å². The molecule has 1 saturated heterocycles. The van der Waals surface area contributed by atoms with Gasteiger partial charge in [0.25, 0.3) is 5.91 Å². The highest BCUT2D eigenvalue weighted by Gasteiger charge is 2.46. The maximum atomic E-state index is 13.0. The number of anilines is 1. The Labute approximate surface area is 159 Å². The zero-order chi connectivity index (χ0) is 18.8. The first kappa shape index (κ1) is 17.7. The quantitative estimate of drug-likeness (QED) is 0.822. The van der Waals surface area contributed by atoms with Crippen molar-refractivity contribution in [2.45, 2.75) is 38.8 Å². The van der Waals surface area contributed by atoms with Crippen LogP contribution < -0.4 is 14.5 Å². The third-order valence-corrected chi connectivity index (χ3v) is 5.46. The molecule has 0 radical (unpaired) electrons. The Kier molecular flexibility index (Phi) is 4.94. The standard InChI is InChI=1S/C22H24N2O3/c1-2-13-27-19-9-7-18(8-10-19)24-21(25)14-20(22(24)26)23-12-11-16-5-3-4-6-17(16)15-23/h3-10,20H,2,11-15H2,1H3/p+1/t20-/m0/s1. The maximum absolute atomic E-state index is 13.0. The Hall–Kier alpha value is -2.66. The third-order valence-electron chi connectivity index (χ3n) is 5.46. The van der Waals surface area contributed by atoms with Crippen molar-refractivity contribution in [2.24, 2.45) is 0 Å². The molecule has 1 N–H and O–H groups in total. The van der Waals surface area contributed by atoms with Gasteiger partial charge in [-0.3, -0.25) is 9.59 Å². The van der Waals surface area contributed by atoms with E-state index in [4.69, 9.17) is 4.74 Å². The molecule has 1 fully saturated rings. The molecule has 0 saturated carbocycles. The van der Waals surface area contributed by atoms with Crippen LogP contribution in [0.3, 0.4) is 0 Å². The zero-order valence-electron chi connectivity index (χ0n) is 15.6. The number of fused-ring (bicyclic) bond motifs is 1. The SMILES string of the molecule is CCCOc1ccc(N2C(=O)C[C@H]([NH+]3CCc4ccccc4C3)C2=O)cc1. The van der Waals surface area contributed by atoms with Crippen molar-refractivity contribution < 1.29 is 19.2 Å². The summed E-state index contributed by atoms with van der Waals surface area (Å²) in [6.07, 6.45) is 2.17. The van der Waals surface area contributed by atoms with Crippen molar-refractivity contribution in [3.8, 4) is 5.75 Å². The molecule has 2 aliphatic rings. The van der Waals surface area contributed by atoms with Crippen molar-refractivity contribution in [3.05, 3.63) is 59.7 Å². The van der Waals surface area contributed by atoms with Gasteiger partial charge in [0.05, 0.1) is 25.3 Å². The number of nitrogens with zero attached hydrogens (tertiary/aromatic N) is 1. The summed E-state index contributed by atoms with van der Waals surface area (Å²) in [5.74, 6) is 0.560. The molecular weight excluding hydrogens is 340 g/mol. The van der Waals surface area contributed by atoms with Crippen LogP contribution in [0.4, 0.5) is 5.69 Å². The van der Waals surface area contributed by atoms with Gasteiger partial charge < -0.3 is 9.64 Å². The molecule has 2 amide bonds. The van der Waals surface area contributed by atoms with Crippen molar-refractivity contribution in [2.75, 3.05) is 18.1 Å². The summed E-state index contributed by atoms with van der Waals surface area (Å²) in [4.78, 5) is 28.2. The lowest BCUT2D eigenvalue weighted by atomic mass is 9.98. The Morgan fingerprint density at radius 2 is 1.81 bits per heavy atom. The summed E-state index contributed by atoms with van der Waals surface area (Å²) in [6, 6.07) is 15.3. The van der Waals surface area contributed by atoms with Crippen LogP contribution in [0.25, 0.3) is 0 Å². The minimum absolute atomic E-state index is 0.0865. The molecule has 0 aromatic heterocycles. The van der Waals surface area contributed by atoms with Crippen LogP contribution in [-0.4, -0.2) is 31.0 Å². The molecule has 140 valence electrons. The maximum Gasteiger partial charge on any atom is 0.292 e. The molecule has 0 spiro atoms. The number of carbonyl (C=O) groups excluding carboxylic acids is 2. The largest absolute Gasteiger partial charge is 0.494 e. The van der Waals surface area contributed by atoms with Crippen molar-refractivity contribution in [1.29, 1.82) is 0 Å². The van der Waals surface area contributed by atoms with E-state index in [0.29, 0.717) is 12.3 Å². The van der Waals surface area contributed by atoms with Crippen LogP contribution in [0.15, 0.2) is 48.5 Å². The van der Waals surface area contributed by atoms with Crippen molar-refractivity contribution >= 4 is 17.5 Å². The van der Waals surface area contributed by atoms with Gasteiger partial charge in [0.1, 0.15) is 12.3 Å². The second-order valence-electron chi connectivity index (χ2n) is 7.27. The van der Waals surface area contributed by atoms with E-state index in [1.54, 1.807) is 12.1 Å². The fraction of sp³-hybridized carbons (Fsp3) is 0.364. The number of amides is 2. The number of rotatable bonds is 5. The number of benzene rings is 2. The highest BCUT2D eigenvalue weighted by atomic mass is 16.5. The molecule has 5 heteroatoms. The van der Waals surface area contributed by atoms with E-state index < -0.39 is 0 Å². The van der Waals surface area contributed by atoms with Crippen LogP contribution in [-0.2, 0) is 22.6 Å². The molecule has 0 bridgehead atoms. The third kappa shape index (κ3) is 3.47. The molecule has 27 heavy (non-hydrogen) atoms. The lowest BCUT2D eigenvalue weighted by Crippen LogP contribution is -3.16. The number of nitrogens with one attached hydrogen (secondary N) is 1. The highest BCUT2D eigenvalue weighted by Crippen LogP contribution is 2.25. The predicted octanol–water partition coefficient (Wildman–Crippen LogP) is 1.75. The Morgan fingerprint density at radius 1 is 1.07 bits per heavy atom. The van der Waals surface area contributed by atoms with Crippen LogP contribution in [0.1, 0.15) is 30.9 Å². The van der Waals surface area contributed by atoms with Crippen LogP contribution in [0, 0.1) is 0 Å². The molecule has 4 rings (SSSR count). The highest BCUT2D eigenvalue weighted by molar-refractivity contribution is 6.21. The minimum Gasteiger partial charge on any atom is -0.494 e. The van der Waals surface area contributed by atoms with E-state index in [9.17, 15) is 9.59 Å².